The van der Waals surface area contributed by atoms with Crippen molar-refractivity contribution < 1.29 is 0 Å². The molecule has 118 valence electrons. The van der Waals surface area contributed by atoms with Crippen LogP contribution in [-0.4, -0.2) is 15.2 Å². The summed E-state index contributed by atoms with van der Waals surface area (Å²) in [5.74, 6) is 0.499. The summed E-state index contributed by atoms with van der Waals surface area (Å²) >= 11 is 0. The minimum Gasteiger partial charge on any atom is -0.323 e. The van der Waals surface area contributed by atoms with Gasteiger partial charge in [0.15, 0.2) is 0 Å². The molecule has 0 saturated carbocycles. The lowest BCUT2D eigenvalue weighted by molar-refractivity contribution is 1.04. The van der Waals surface area contributed by atoms with Gasteiger partial charge in [-0.2, -0.15) is 0 Å². The number of rotatable bonds is 2. The summed E-state index contributed by atoms with van der Waals surface area (Å²) in [6.45, 7) is 0. The molecule has 0 amide bonds. The van der Waals surface area contributed by atoms with Gasteiger partial charge in [0.25, 0.3) is 0 Å². The molecule has 0 spiro atoms. The predicted octanol–water partition coefficient (Wildman–Crippen LogP) is 5.07. The van der Waals surface area contributed by atoms with Crippen LogP contribution in [0, 0.1) is 0 Å². The fourth-order valence-corrected chi connectivity index (χ4v) is 3.25. The van der Waals surface area contributed by atoms with Crippen molar-refractivity contribution in [2.75, 3.05) is 5.32 Å². The van der Waals surface area contributed by atoms with Crippen LogP contribution in [0.15, 0.2) is 78.9 Å². The Balaban J connectivity index is 1.81. The molecule has 0 aliphatic heterocycles. The first-order valence-corrected chi connectivity index (χ1v) is 8.16. The van der Waals surface area contributed by atoms with Crippen molar-refractivity contribution in [2.45, 2.75) is 0 Å². The fraction of sp³-hybridized carbons (Fsp3) is 0. The lowest BCUT2D eigenvalue weighted by atomic mass is 10.00. The van der Waals surface area contributed by atoms with E-state index >= 15 is 0 Å². The van der Waals surface area contributed by atoms with Crippen LogP contribution < -0.4 is 5.32 Å². The Morgan fingerprint density at radius 1 is 0.520 bits per heavy atom. The van der Waals surface area contributed by atoms with Gasteiger partial charge in [-0.15, -0.1) is 10.2 Å². The molecule has 0 aliphatic carbocycles. The molecule has 4 nitrogen and oxygen atoms in total. The quantitative estimate of drug-likeness (QED) is 0.461. The number of nitrogens with zero attached hydrogens (tertiary/aromatic N) is 3. The predicted molar refractivity (Wildman–Crippen MR) is 102 cm³/mol. The van der Waals surface area contributed by atoms with Crippen LogP contribution in [0.1, 0.15) is 0 Å². The second-order valence-corrected chi connectivity index (χ2v) is 5.91. The smallest absolute Gasteiger partial charge is 0.247 e. The first-order chi connectivity index (χ1) is 12.4. The number of anilines is 2. The van der Waals surface area contributed by atoms with Gasteiger partial charge in [-0.05, 0) is 22.9 Å². The van der Waals surface area contributed by atoms with E-state index < -0.39 is 0 Å². The lowest BCUT2D eigenvalue weighted by Crippen LogP contribution is -2.00. The SMILES string of the molecule is c1ccc(Nc2nnc3c4ccccc4c4ccccc4c3n2)cc1. The molecular weight excluding hydrogens is 308 g/mol. The van der Waals surface area contributed by atoms with E-state index in [9.17, 15) is 0 Å². The van der Waals surface area contributed by atoms with Crippen molar-refractivity contribution in [1.82, 2.24) is 15.2 Å². The summed E-state index contributed by atoms with van der Waals surface area (Å²) in [5.41, 5.74) is 2.63. The summed E-state index contributed by atoms with van der Waals surface area (Å²) in [4.78, 5) is 4.76. The van der Waals surface area contributed by atoms with Crippen LogP contribution in [0.4, 0.5) is 11.6 Å². The third kappa shape index (κ3) is 2.27. The van der Waals surface area contributed by atoms with Crippen LogP contribution in [0.25, 0.3) is 32.6 Å². The molecule has 0 fully saturated rings. The largest absolute Gasteiger partial charge is 0.323 e. The van der Waals surface area contributed by atoms with Gasteiger partial charge in [-0.1, -0.05) is 66.7 Å². The third-order valence-electron chi connectivity index (χ3n) is 4.37. The highest BCUT2D eigenvalue weighted by Gasteiger charge is 2.11. The molecule has 0 saturated heterocycles. The molecule has 4 heteroatoms. The summed E-state index contributed by atoms with van der Waals surface area (Å²) in [6, 6.07) is 26.4. The maximum atomic E-state index is 4.76. The van der Waals surface area contributed by atoms with Gasteiger partial charge >= 0.3 is 0 Å². The molecule has 1 N–H and O–H groups in total. The van der Waals surface area contributed by atoms with Gasteiger partial charge in [0.05, 0.1) is 0 Å². The highest BCUT2D eigenvalue weighted by atomic mass is 15.2. The van der Waals surface area contributed by atoms with E-state index in [4.69, 9.17) is 4.98 Å². The van der Waals surface area contributed by atoms with E-state index in [0.29, 0.717) is 5.95 Å². The lowest BCUT2D eigenvalue weighted by Gasteiger charge is -2.10. The summed E-state index contributed by atoms with van der Waals surface area (Å²) in [6.07, 6.45) is 0. The Bertz CT molecular complexity index is 1180. The Labute approximate surface area is 144 Å². The molecule has 0 radical (unpaired) electrons. The first kappa shape index (κ1) is 13.9. The minimum absolute atomic E-state index is 0.499. The Morgan fingerprint density at radius 2 is 1.08 bits per heavy atom. The van der Waals surface area contributed by atoms with Crippen LogP contribution in [-0.2, 0) is 0 Å². The average Bonchev–Trinajstić information content (AvgIpc) is 2.69. The van der Waals surface area contributed by atoms with Gasteiger partial charge in [0, 0.05) is 16.5 Å². The first-order valence-electron chi connectivity index (χ1n) is 8.16. The van der Waals surface area contributed by atoms with Crippen molar-refractivity contribution >= 4 is 44.2 Å². The zero-order chi connectivity index (χ0) is 16.6. The fourth-order valence-electron chi connectivity index (χ4n) is 3.25. The second-order valence-electron chi connectivity index (χ2n) is 5.91. The average molecular weight is 322 g/mol. The van der Waals surface area contributed by atoms with E-state index in [1.165, 1.54) is 10.8 Å². The normalized spacial score (nSPS) is 11.2. The highest BCUT2D eigenvalue weighted by molar-refractivity contribution is 6.22. The van der Waals surface area contributed by atoms with Crippen LogP contribution in [0.3, 0.4) is 0 Å². The molecule has 5 aromatic rings. The van der Waals surface area contributed by atoms with Gasteiger partial charge in [-0.25, -0.2) is 4.98 Å². The molecule has 4 aromatic carbocycles. The standard InChI is InChI=1S/C21H14N4/c1-2-8-14(9-3-1)22-21-23-19-17-12-6-4-10-15(17)16-11-5-7-13-18(16)20(19)24-25-21/h1-13H,(H,22,23,25). The van der Waals surface area contributed by atoms with Crippen molar-refractivity contribution in [3.8, 4) is 0 Å². The number of fused-ring (bicyclic) bond motifs is 6. The number of aromatic nitrogens is 3. The van der Waals surface area contributed by atoms with Crippen molar-refractivity contribution in [1.29, 1.82) is 0 Å². The van der Waals surface area contributed by atoms with E-state index in [-0.39, 0.29) is 0 Å². The van der Waals surface area contributed by atoms with Gasteiger partial charge in [0.2, 0.25) is 5.95 Å². The number of para-hydroxylation sites is 1. The number of nitrogens with one attached hydrogen (secondary N) is 1. The van der Waals surface area contributed by atoms with E-state index in [2.05, 4.69) is 45.8 Å². The molecule has 0 atom stereocenters. The van der Waals surface area contributed by atoms with Gasteiger partial charge in [0.1, 0.15) is 11.0 Å². The van der Waals surface area contributed by atoms with Crippen LogP contribution in [0.5, 0.6) is 0 Å². The van der Waals surface area contributed by atoms with Gasteiger partial charge < -0.3 is 5.32 Å². The molecule has 0 unspecified atom stereocenters. The van der Waals surface area contributed by atoms with Crippen molar-refractivity contribution in [3.05, 3.63) is 78.9 Å². The highest BCUT2D eigenvalue weighted by Crippen LogP contribution is 2.32. The molecule has 1 aromatic heterocycles. The minimum atomic E-state index is 0.499. The van der Waals surface area contributed by atoms with Crippen molar-refractivity contribution in [3.63, 3.8) is 0 Å². The van der Waals surface area contributed by atoms with Crippen LogP contribution >= 0.6 is 0 Å². The molecule has 0 aliphatic rings. The number of hydrogen-bond acceptors (Lipinski definition) is 4. The third-order valence-corrected chi connectivity index (χ3v) is 4.37. The molecule has 0 bridgehead atoms. The summed E-state index contributed by atoms with van der Waals surface area (Å²) < 4.78 is 0. The topological polar surface area (TPSA) is 50.7 Å². The zero-order valence-corrected chi connectivity index (χ0v) is 13.3. The van der Waals surface area contributed by atoms with Crippen LogP contribution in [0.2, 0.25) is 0 Å². The second kappa shape index (κ2) is 5.53. The maximum Gasteiger partial charge on any atom is 0.247 e. The molecule has 5 rings (SSSR count). The Hall–Kier alpha value is -3.53. The summed E-state index contributed by atoms with van der Waals surface area (Å²) in [7, 11) is 0. The van der Waals surface area contributed by atoms with E-state index in [0.717, 1.165) is 27.5 Å². The van der Waals surface area contributed by atoms with Crippen molar-refractivity contribution in [2.24, 2.45) is 0 Å². The summed E-state index contributed by atoms with van der Waals surface area (Å²) in [5, 5.41) is 16.5. The monoisotopic (exact) mass is 322 g/mol. The zero-order valence-electron chi connectivity index (χ0n) is 13.3. The Morgan fingerprint density at radius 3 is 1.76 bits per heavy atom. The molecule has 1 heterocycles. The molecule has 25 heavy (non-hydrogen) atoms. The molecular formula is C21H14N4. The maximum absolute atomic E-state index is 4.76. The Kier molecular flexibility index (Phi) is 3.07. The van der Waals surface area contributed by atoms with E-state index in [1.807, 2.05) is 48.5 Å². The van der Waals surface area contributed by atoms with E-state index in [1.54, 1.807) is 0 Å². The number of hydrogen-bond donors (Lipinski definition) is 1. The van der Waals surface area contributed by atoms with Gasteiger partial charge in [-0.3, -0.25) is 0 Å². The number of benzene rings is 4.